The lowest BCUT2D eigenvalue weighted by molar-refractivity contribution is -0.360. The molecule has 3 atom stereocenters. The Morgan fingerprint density at radius 1 is 0.971 bits per heavy atom. The minimum absolute atomic E-state index is 0.0310. The van der Waals surface area contributed by atoms with Gasteiger partial charge in [-0.15, -0.1) is 0 Å². The molecule has 2 aliphatic rings. The lowest BCUT2D eigenvalue weighted by Gasteiger charge is -2.59. The zero-order chi connectivity index (χ0) is 24.2. The first-order chi connectivity index (χ1) is 16.3. The summed E-state index contributed by atoms with van der Waals surface area (Å²) in [6, 6.07) is 20.7. The van der Waals surface area contributed by atoms with Crippen molar-refractivity contribution in [1.29, 1.82) is 0 Å². The largest absolute Gasteiger partial charge is 0.374 e. The fourth-order valence-corrected chi connectivity index (χ4v) is 5.76. The Labute approximate surface area is 205 Å². The molecule has 0 aromatic heterocycles. The quantitative estimate of drug-likeness (QED) is 0.424. The second-order valence-corrected chi connectivity index (χ2v) is 10.5. The molecule has 5 nitrogen and oxygen atoms in total. The molecule has 2 saturated heterocycles. The van der Waals surface area contributed by atoms with Crippen LogP contribution in [0.25, 0.3) is 0 Å². The Balaban J connectivity index is 1.45. The first kappa shape index (κ1) is 25.3. The summed E-state index contributed by atoms with van der Waals surface area (Å²) in [6.07, 6.45) is 3.36. The molecule has 0 aliphatic carbocycles. The van der Waals surface area contributed by atoms with Gasteiger partial charge in [0.1, 0.15) is 12.2 Å². The highest BCUT2D eigenvalue weighted by atomic mass is 16.8. The lowest BCUT2D eigenvalue weighted by Crippen LogP contribution is -2.67. The number of piperidine rings is 1. The first-order valence-electron chi connectivity index (χ1n) is 12.8. The molecule has 0 radical (unpaired) electrons. The van der Waals surface area contributed by atoms with Crippen LogP contribution in [0.15, 0.2) is 60.7 Å². The number of benzene rings is 2. The molecule has 2 aromatic carbocycles. The third-order valence-electron chi connectivity index (χ3n) is 7.46. The predicted molar refractivity (Wildman–Crippen MR) is 134 cm³/mol. The number of hydrogen-bond acceptors (Lipinski definition) is 5. The number of rotatable bonds is 9. The topological polar surface area (TPSA) is 40.2 Å². The molecule has 0 saturated carbocycles. The molecule has 0 bridgehead atoms. The summed E-state index contributed by atoms with van der Waals surface area (Å²) in [4.78, 5) is 6.73. The Morgan fingerprint density at radius 2 is 1.62 bits per heavy atom. The van der Waals surface area contributed by atoms with Crippen LogP contribution < -0.4 is 0 Å². The van der Waals surface area contributed by atoms with E-state index >= 15 is 0 Å². The SMILES string of the molecule is CCC1(CC)CC2(CC(C)(C)N1OC(C)c1ccccc1)OCC(COCc1ccccc1)O2. The standard InChI is InChI=1S/C29H41NO4/c1-6-28(7-2)22-29(32-20-26(33-29)19-31-18-24-14-10-8-11-15-24)21-27(4,5)30(28)34-23(3)25-16-12-9-13-17-25/h8-17,23,26H,6-7,18-22H2,1-5H3. The van der Waals surface area contributed by atoms with Crippen LogP contribution in [0, 0.1) is 0 Å². The van der Waals surface area contributed by atoms with Gasteiger partial charge in [0.2, 0.25) is 0 Å². The van der Waals surface area contributed by atoms with Crippen LogP contribution in [0.5, 0.6) is 0 Å². The zero-order valence-electron chi connectivity index (χ0n) is 21.5. The van der Waals surface area contributed by atoms with Gasteiger partial charge in [0.15, 0.2) is 5.79 Å². The molecule has 3 unspecified atom stereocenters. The molecule has 2 aromatic rings. The maximum atomic E-state index is 6.73. The highest BCUT2D eigenvalue weighted by Gasteiger charge is 2.60. The average molecular weight is 468 g/mol. The van der Waals surface area contributed by atoms with E-state index in [-0.39, 0.29) is 23.3 Å². The third kappa shape index (κ3) is 5.39. The van der Waals surface area contributed by atoms with Gasteiger partial charge < -0.3 is 14.2 Å². The summed E-state index contributed by atoms with van der Waals surface area (Å²) in [5.74, 6) is -0.605. The molecule has 0 N–H and O–H groups in total. The molecule has 34 heavy (non-hydrogen) atoms. The molecule has 2 heterocycles. The van der Waals surface area contributed by atoms with Gasteiger partial charge in [0.05, 0.1) is 25.4 Å². The van der Waals surface area contributed by atoms with Gasteiger partial charge in [-0.25, -0.2) is 0 Å². The maximum Gasteiger partial charge on any atom is 0.172 e. The third-order valence-corrected chi connectivity index (χ3v) is 7.46. The number of hydroxylamine groups is 2. The summed E-state index contributed by atoms with van der Waals surface area (Å²) in [5, 5.41) is 2.27. The Morgan fingerprint density at radius 3 is 2.26 bits per heavy atom. The molecule has 4 rings (SSSR count). The van der Waals surface area contributed by atoms with Crippen LogP contribution in [-0.4, -0.2) is 41.2 Å². The van der Waals surface area contributed by atoms with E-state index < -0.39 is 5.79 Å². The van der Waals surface area contributed by atoms with E-state index in [2.05, 4.69) is 76.1 Å². The summed E-state index contributed by atoms with van der Waals surface area (Å²) >= 11 is 0. The van der Waals surface area contributed by atoms with Crippen molar-refractivity contribution >= 4 is 0 Å². The van der Waals surface area contributed by atoms with Crippen molar-refractivity contribution in [2.45, 2.75) is 96.0 Å². The Hall–Kier alpha value is -1.76. The average Bonchev–Trinajstić information content (AvgIpc) is 3.22. The van der Waals surface area contributed by atoms with Crippen LogP contribution in [0.1, 0.15) is 77.5 Å². The van der Waals surface area contributed by atoms with E-state index in [4.69, 9.17) is 19.0 Å². The van der Waals surface area contributed by atoms with Crippen LogP contribution >= 0.6 is 0 Å². The normalized spacial score (nSPS) is 27.1. The summed E-state index contributed by atoms with van der Waals surface area (Å²) in [6.45, 7) is 12.8. The Kier molecular flexibility index (Phi) is 7.80. The minimum atomic E-state index is -0.605. The summed E-state index contributed by atoms with van der Waals surface area (Å²) in [5.41, 5.74) is 1.92. The molecular weight excluding hydrogens is 426 g/mol. The van der Waals surface area contributed by atoms with Crippen LogP contribution in [-0.2, 0) is 25.7 Å². The van der Waals surface area contributed by atoms with E-state index in [1.807, 2.05) is 24.3 Å². The van der Waals surface area contributed by atoms with Crippen molar-refractivity contribution in [1.82, 2.24) is 5.06 Å². The van der Waals surface area contributed by atoms with Gasteiger partial charge in [-0.1, -0.05) is 74.5 Å². The zero-order valence-corrected chi connectivity index (χ0v) is 21.5. The molecule has 5 heteroatoms. The number of ether oxygens (including phenoxy) is 3. The van der Waals surface area contributed by atoms with Crippen molar-refractivity contribution < 1.29 is 19.0 Å². The van der Waals surface area contributed by atoms with Gasteiger partial charge in [-0.3, -0.25) is 4.84 Å². The minimum Gasteiger partial charge on any atom is -0.374 e. The number of nitrogens with zero attached hydrogens (tertiary/aromatic N) is 1. The highest BCUT2D eigenvalue weighted by Crippen LogP contribution is 2.51. The molecule has 0 amide bonds. The molecule has 2 fully saturated rings. The van der Waals surface area contributed by atoms with Gasteiger partial charge in [0.25, 0.3) is 0 Å². The van der Waals surface area contributed by atoms with E-state index in [9.17, 15) is 0 Å². The summed E-state index contributed by atoms with van der Waals surface area (Å²) in [7, 11) is 0. The smallest absolute Gasteiger partial charge is 0.172 e. The van der Waals surface area contributed by atoms with Crippen molar-refractivity contribution in [3.05, 3.63) is 71.8 Å². The molecule has 1 spiro atoms. The van der Waals surface area contributed by atoms with Gasteiger partial charge in [0, 0.05) is 18.4 Å². The second-order valence-electron chi connectivity index (χ2n) is 10.5. The molecule has 2 aliphatic heterocycles. The van der Waals surface area contributed by atoms with Crippen molar-refractivity contribution in [3.8, 4) is 0 Å². The lowest BCUT2D eigenvalue weighted by atomic mass is 9.73. The van der Waals surface area contributed by atoms with Crippen molar-refractivity contribution in [3.63, 3.8) is 0 Å². The van der Waals surface area contributed by atoms with E-state index in [1.54, 1.807) is 0 Å². The Bertz CT molecular complexity index is 899. The van der Waals surface area contributed by atoms with Crippen molar-refractivity contribution in [2.24, 2.45) is 0 Å². The fraction of sp³-hybridized carbons (Fsp3) is 0.586. The van der Waals surface area contributed by atoms with Gasteiger partial charge in [-0.2, -0.15) is 5.06 Å². The monoisotopic (exact) mass is 467 g/mol. The van der Waals surface area contributed by atoms with E-state index in [1.165, 1.54) is 11.1 Å². The van der Waals surface area contributed by atoms with Gasteiger partial charge >= 0.3 is 0 Å². The van der Waals surface area contributed by atoms with Crippen molar-refractivity contribution in [2.75, 3.05) is 13.2 Å². The molecular formula is C29H41NO4. The van der Waals surface area contributed by atoms with Crippen LogP contribution in [0.4, 0.5) is 0 Å². The highest BCUT2D eigenvalue weighted by molar-refractivity contribution is 5.17. The number of hydrogen-bond donors (Lipinski definition) is 0. The van der Waals surface area contributed by atoms with Crippen LogP contribution in [0.3, 0.4) is 0 Å². The predicted octanol–water partition coefficient (Wildman–Crippen LogP) is 6.44. The molecule has 186 valence electrons. The maximum absolute atomic E-state index is 6.73. The van der Waals surface area contributed by atoms with E-state index in [0.717, 1.165) is 25.7 Å². The second kappa shape index (κ2) is 10.5. The van der Waals surface area contributed by atoms with E-state index in [0.29, 0.717) is 19.8 Å². The first-order valence-corrected chi connectivity index (χ1v) is 12.8. The van der Waals surface area contributed by atoms with Gasteiger partial charge in [-0.05, 0) is 44.7 Å². The summed E-state index contributed by atoms with van der Waals surface area (Å²) < 4.78 is 19.1. The van der Waals surface area contributed by atoms with Crippen LogP contribution in [0.2, 0.25) is 0 Å². The fourth-order valence-electron chi connectivity index (χ4n) is 5.76.